The first-order chi connectivity index (χ1) is 8.92. The van der Waals surface area contributed by atoms with Crippen molar-refractivity contribution in [3.05, 3.63) is 34.3 Å². The molecule has 19 heavy (non-hydrogen) atoms. The number of hydrogen-bond donors (Lipinski definition) is 2. The van der Waals surface area contributed by atoms with Gasteiger partial charge < -0.3 is 9.73 Å². The lowest BCUT2D eigenvalue weighted by molar-refractivity contribution is -0.126. The number of nitrogens with zero attached hydrogens (tertiary/aromatic N) is 1. The molecule has 0 aliphatic heterocycles. The van der Waals surface area contributed by atoms with Gasteiger partial charge in [0.25, 0.3) is 0 Å². The van der Waals surface area contributed by atoms with Crippen molar-refractivity contribution in [3.8, 4) is 6.07 Å². The van der Waals surface area contributed by atoms with Crippen molar-refractivity contribution in [3.63, 3.8) is 0 Å². The van der Waals surface area contributed by atoms with Gasteiger partial charge in [0, 0.05) is 6.54 Å². The SMILES string of the molecule is CC(C)(C#N)C(=O)NCc1ccc2oc(=O)[nH]c2c1. The summed E-state index contributed by atoms with van der Waals surface area (Å²) in [5, 5.41) is 11.5. The van der Waals surface area contributed by atoms with E-state index in [1.165, 1.54) is 0 Å². The minimum Gasteiger partial charge on any atom is -0.408 e. The molecule has 0 bridgehead atoms. The summed E-state index contributed by atoms with van der Waals surface area (Å²) in [6.07, 6.45) is 0. The third-order valence-electron chi connectivity index (χ3n) is 2.78. The number of nitrogens with one attached hydrogen (secondary N) is 2. The highest BCUT2D eigenvalue weighted by atomic mass is 16.4. The number of rotatable bonds is 3. The lowest BCUT2D eigenvalue weighted by Crippen LogP contribution is -2.35. The van der Waals surface area contributed by atoms with Gasteiger partial charge in [-0.3, -0.25) is 9.78 Å². The molecule has 2 aromatic rings. The first-order valence-electron chi connectivity index (χ1n) is 5.74. The number of benzene rings is 1. The van der Waals surface area contributed by atoms with E-state index in [4.69, 9.17) is 9.68 Å². The van der Waals surface area contributed by atoms with Crippen LogP contribution in [-0.2, 0) is 11.3 Å². The molecule has 1 heterocycles. The zero-order valence-electron chi connectivity index (χ0n) is 10.6. The van der Waals surface area contributed by atoms with Gasteiger partial charge >= 0.3 is 5.76 Å². The van der Waals surface area contributed by atoms with E-state index < -0.39 is 11.2 Å². The second-order valence-corrected chi connectivity index (χ2v) is 4.76. The molecule has 0 aliphatic rings. The van der Waals surface area contributed by atoms with Crippen molar-refractivity contribution >= 4 is 17.0 Å². The van der Waals surface area contributed by atoms with Crippen molar-refractivity contribution in [2.24, 2.45) is 5.41 Å². The molecule has 0 unspecified atom stereocenters. The Bertz CT molecular complexity index is 719. The summed E-state index contributed by atoms with van der Waals surface area (Å²) in [6, 6.07) is 7.06. The summed E-state index contributed by atoms with van der Waals surface area (Å²) in [5.74, 6) is -0.849. The molecular formula is C13H13N3O3. The fourth-order valence-electron chi connectivity index (χ4n) is 1.56. The molecule has 6 heteroatoms. The highest BCUT2D eigenvalue weighted by molar-refractivity contribution is 5.84. The highest BCUT2D eigenvalue weighted by Gasteiger charge is 2.26. The Balaban J connectivity index is 2.12. The molecule has 2 N–H and O–H groups in total. The van der Waals surface area contributed by atoms with Crippen LogP contribution in [0.4, 0.5) is 0 Å². The Labute approximate surface area is 109 Å². The maximum absolute atomic E-state index is 11.7. The van der Waals surface area contributed by atoms with Gasteiger partial charge in [-0.2, -0.15) is 5.26 Å². The number of aromatic amines is 1. The normalized spacial score (nSPS) is 11.2. The fraction of sp³-hybridized carbons (Fsp3) is 0.308. The number of carbonyl (C=O) groups is 1. The molecule has 0 saturated heterocycles. The van der Waals surface area contributed by atoms with E-state index in [9.17, 15) is 9.59 Å². The Morgan fingerprint density at radius 1 is 1.53 bits per heavy atom. The summed E-state index contributed by atoms with van der Waals surface area (Å²) in [5.41, 5.74) is 0.800. The average molecular weight is 259 g/mol. The molecule has 1 aromatic carbocycles. The van der Waals surface area contributed by atoms with Crippen LogP contribution in [0, 0.1) is 16.7 Å². The summed E-state index contributed by atoms with van der Waals surface area (Å²) >= 11 is 0. The smallest absolute Gasteiger partial charge is 0.408 e. The molecule has 2 rings (SSSR count). The molecule has 1 aromatic heterocycles. The van der Waals surface area contributed by atoms with Crippen molar-refractivity contribution in [1.29, 1.82) is 5.26 Å². The van der Waals surface area contributed by atoms with Gasteiger partial charge in [0.2, 0.25) is 5.91 Å². The summed E-state index contributed by atoms with van der Waals surface area (Å²) < 4.78 is 4.88. The molecule has 0 fully saturated rings. The van der Waals surface area contributed by atoms with Crippen LogP contribution in [-0.4, -0.2) is 10.9 Å². The molecule has 0 aliphatic carbocycles. The topological polar surface area (TPSA) is 98.9 Å². The van der Waals surface area contributed by atoms with E-state index in [0.717, 1.165) is 5.56 Å². The number of nitriles is 1. The lowest BCUT2D eigenvalue weighted by Gasteiger charge is -2.14. The maximum atomic E-state index is 11.7. The number of amides is 1. The van der Waals surface area contributed by atoms with Gasteiger partial charge in [-0.15, -0.1) is 0 Å². The van der Waals surface area contributed by atoms with Crippen LogP contribution < -0.4 is 11.1 Å². The number of aromatic nitrogens is 1. The van der Waals surface area contributed by atoms with Gasteiger partial charge in [-0.05, 0) is 31.5 Å². The van der Waals surface area contributed by atoms with Gasteiger partial charge in [0.05, 0.1) is 11.6 Å². The largest absolute Gasteiger partial charge is 0.417 e. The van der Waals surface area contributed by atoms with Crippen molar-refractivity contribution < 1.29 is 9.21 Å². The second-order valence-electron chi connectivity index (χ2n) is 4.76. The third kappa shape index (κ3) is 2.65. The Morgan fingerprint density at radius 3 is 2.95 bits per heavy atom. The van der Waals surface area contributed by atoms with Gasteiger partial charge in [-0.1, -0.05) is 6.07 Å². The summed E-state index contributed by atoms with van der Waals surface area (Å²) in [6.45, 7) is 3.39. The van der Waals surface area contributed by atoms with Crippen LogP contribution in [0.25, 0.3) is 11.1 Å². The van der Waals surface area contributed by atoms with E-state index in [1.807, 2.05) is 6.07 Å². The Morgan fingerprint density at radius 2 is 2.26 bits per heavy atom. The van der Waals surface area contributed by atoms with E-state index in [-0.39, 0.29) is 12.5 Å². The first-order valence-corrected chi connectivity index (χ1v) is 5.74. The van der Waals surface area contributed by atoms with E-state index >= 15 is 0 Å². The Hall–Kier alpha value is -2.55. The van der Waals surface area contributed by atoms with Crippen LogP contribution >= 0.6 is 0 Å². The highest BCUT2D eigenvalue weighted by Crippen LogP contribution is 2.15. The summed E-state index contributed by atoms with van der Waals surface area (Å²) in [4.78, 5) is 25.3. The molecule has 0 spiro atoms. The predicted octanol–water partition coefficient (Wildman–Crippen LogP) is 1.29. The number of carbonyl (C=O) groups excluding carboxylic acids is 1. The molecule has 0 radical (unpaired) electrons. The molecular weight excluding hydrogens is 246 g/mol. The monoisotopic (exact) mass is 259 g/mol. The molecule has 98 valence electrons. The van der Waals surface area contributed by atoms with Gasteiger partial charge in [-0.25, -0.2) is 4.79 Å². The van der Waals surface area contributed by atoms with Crippen molar-refractivity contribution in [2.75, 3.05) is 0 Å². The van der Waals surface area contributed by atoms with Crippen molar-refractivity contribution in [2.45, 2.75) is 20.4 Å². The zero-order valence-corrected chi connectivity index (χ0v) is 10.6. The van der Waals surface area contributed by atoms with Gasteiger partial charge in [0.15, 0.2) is 5.58 Å². The van der Waals surface area contributed by atoms with Crippen LogP contribution in [0.2, 0.25) is 0 Å². The molecule has 0 atom stereocenters. The summed E-state index contributed by atoms with van der Waals surface area (Å²) in [7, 11) is 0. The fourth-order valence-corrected chi connectivity index (χ4v) is 1.56. The quantitative estimate of drug-likeness (QED) is 0.867. The van der Waals surface area contributed by atoms with Crippen LogP contribution in [0.1, 0.15) is 19.4 Å². The van der Waals surface area contributed by atoms with E-state index in [0.29, 0.717) is 11.1 Å². The average Bonchev–Trinajstić information content (AvgIpc) is 2.74. The molecule has 0 saturated carbocycles. The van der Waals surface area contributed by atoms with E-state index in [1.54, 1.807) is 32.0 Å². The van der Waals surface area contributed by atoms with Crippen molar-refractivity contribution in [1.82, 2.24) is 10.3 Å². The lowest BCUT2D eigenvalue weighted by atomic mass is 9.95. The predicted molar refractivity (Wildman–Crippen MR) is 68.1 cm³/mol. The minimum atomic E-state index is -1.06. The van der Waals surface area contributed by atoms with Gasteiger partial charge in [0.1, 0.15) is 5.41 Å². The van der Waals surface area contributed by atoms with Crippen LogP contribution in [0.3, 0.4) is 0 Å². The standard InChI is InChI=1S/C13H13N3O3/c1-13(2,7-14)11(17)15-6-8-3-4-10-9(5-8)16-12(18)19-10/h3-5H,6H2,1-2H3,(H,15,17)(H,16,18). The van der Waals surface area contributed by atoms with E-state index in [2.05, 4.69) is 10.3 Å². The number of hydrogen-bond acceptors (Lipinski definition) is 4. The number of H-pyrrole nitrogens is 1. The van der Waals surface area contributed by atoms with Crippen LogP contribution in [0.5, 0.6) is 0 Å². The molecule has 1 amide bonds. The first kappa shape index (κ1) is 12.9. The maximum Gasteiger partial charge on any atom is 0.417 e. The Kier molecular flexibility index (Phi) is 3.13. The zero-order chi connectivity index (χ0) is 14.0. The minimum absolute atomic E-state index is 0.285. The second kappa shape index (κ2) is 4.61. The number of fused-ring (bicyclic) bond motifs is 1. The molecule has 6 nitrogen and oxygen atoms in total. The third-order valence-corrected chi connectivity index (χ3v) is 2.78. The van der Waals surface area contributed by atoms with Crippen LogP contribution in [0.15, 0.2) is 27.4 Å². The number of oxazole rings is 1.